The number of nitrogens with one attached hydrogen (secondary N) is 1. The average Bonchev–Trinajstić information content (AvgIpc) is 2.79. The van der Waals surface area contributed by atoms with Crippen molar-refractivity contribution in [2.75, 3.05) is 6.61 Å². The van der Waals surface area contributed by atoms with Crippen LogP contribution in [0.15, 0.2) is 24.4 Å². The number of carboxylic acid groups (broad SMARTS) is 2. The van der Waals surface area contributed by atoms with Gasteiger partial charge >= 0.3 is 11.9 Å². The molecular weight excluding hydrogens is 262 g/mol. The van der Waals surface area contributed by atoms with E-state index in [1.165, 1.54) is 0 Å². The van der Waals surface area contributed by atoms with Crippen molar-refractivity contribution in [1.82, 2.24) is 4.98 Å². The van der Waals surface area contributed by atoms with Crippen molar-refractivity contribution >= 4 is 22.8 Å². The van der Waals surface area contributed by atoms with E-state index in [1.54, 1.807) is 31.3 Å². The second kappa shape index (κ2) is 5.64. The number of rotatable bonds is 6. The molecule has 0 unspecified atom stereocenters. The normalized spacial score (nSPS) is 12.2. The van der Waals surface area contributed by atoms with Crippen molar-refractivity contribution in [2.45, 2.75) is 13.3 Å². The van der Waals surface area contributed by atoms with Gasteiger partial charge in [-0.1, -0.05) is 6.92 Å². The maximum atomic E-state index is 10.9. The number of hydrogen-bond acceptors (Lipinski definition) is 3. The lowest BCUT2D eigenvalue weighted by Gasteiger charge is -2.06. The molecule has 1 heterocycles. The van der Waals surface area contributed by atoms with Crippen LogP contribution in [0.4, 0.5) is 0 Å². The number of benzene rings is 1. The molecule has 0 aliphatic rings. The van der Waals surface area contributed by atoms with E-state index in [0.717, 1.165) is 16.5 Å². The summed E-state index contributed by atoms with van der Waals surface area (Å²) in [7, 11) is 0. The summed E-state index contributed by atoms with van der Waals surface area (Å²) < 4.78 is 5.12. The maximum Gasteiger partial charge on any atom is 0.341 e. The van der Waals surface area contributed by atoms with Gasteiger partial charge in [-0.3, -0.25) is 4.79 Å². The number of hydrogen-bond donors (Lipinski definition) is 3. The zero-order chi connectivity index (χ0) is 14.7. The Balaban J connectivity index is 0.00000220. The van der Waals surface area contributed by atoms with Crippen molar-refractivity contribution in [3.05, 3.63) is 30.0 Å². The summed E-state index contributed by atoms with van der Waals surface area (Å²) in [6, 6.07) is 5.17. The smallest absolute Gasteiger partial charge is 0.341 e. The molecule has 0 fully saturated rings. The number of carboxylic acids is 2. The first-order valence-corrected chi connectivity index (χ1v) is 6.15. The molecule has 108 valence electrons. The molecule has 0 saturated heterocycles. The number of aliphatic carboxylic acids is 2. The fourth-order valence-corrected chi connectivity index (χ4v) is 1.98. The van der Waals surface area contributed by atoms with Crippen LogP contribution in [0.1, 0.15) is 13.9 Å². The van der Waals surface area contributed by atoms with Crippen molar-refractivity contribution in [1.29, 1.82) is 0 Å². The number of ether oxygens (including phenoxy) is 1. The average molecular weight is 279 g/mol. The molecule has 0 bridgehead atoms. The second-order valence-electron chi connectivity index (χ2n) is 4.65. The Morgan fingerprint density at radius 3 is 2.80 bits per heavy atom. The number of carbonyl (C=O) groups is 2. The van der Waals surface area contributed by atoms with Crippen LogP contribution in [-0.4, -0.2) is 33.7 Å². The Morgan fingerprint density at radius 1 is 1.40 bits per heavy atom. The lowest BCUT2D eigenvalue weighted by atomic mass is 10.0. The van der Waals surface area contributed by atoms with E-state index in [1.807, 2.05) is 0 Å². The Kier molecular flexibility index (Phi) is 3.93. The molecule has 2 aromatic rings. The van der Waals surface area contributed by atoms with Gasteiger partial charge in [-0.15, -0.1) is 0 Å². The lowest BCUT2D eigenvalue weighted by molar-refractivity contribution is -0.141. The molecule has 20 heavy (non-hydrogen) atoms. The maximum absolute atomic E-state index is 10.9. The van der Waals surface area contributed by atoms with Crippen LogP contribution < -0.4 is 4.74 Å². The summed E-state index contributed by atoms with van der Waals surface area (Å²) >= 11 is 0. The van der Waals surface area contributed by atoms with E-state index < -0.39 is 24.5 Å². The van der Waals surface area contributed by atoms with Gasteiger partial charge in [0.25, 0.3) is 0 Å². The Morgan fingerprint density at radius 2 is 2.15 bits per heavy atom. The van der Waals surface area contributed by atoms with Gasteiger partial charge in [-0.2, -0.15) is 0 Å². The Hall–Kier alpha value is -2.50. The Bertz CT molecular complexity index is 652. The molecule has 6 heteroatoms. The summed E-state index contributed by atoms with van der Waals surface area (Å²) in [5, 5.41) is 18.4. The van der Waals surface area contributed by atoms with Crippen molar-refractivity contribution in [3.8, 4) is 5.75 Å². The van der Waals surface area contributed by atoms with Gasteiger partial charge in [0.2, 0.25) is 0 Å². The monoisotopic (exact) mass is 279 g/mol. The number of aromatic nitrogens is 1. The van der Waals surface area contributed by atoms with Gasteiger partial charge < -0.3 is 19.9 Å². The molecule has 0 aliphatic carbocycles. The molecular formula is C14H17NO5. The molecule has 0 radical (unpaired) electrons. The van der Waals surface area contributed by atoms with E-state index in [4.69, 9.17) is 14.9 Å². The number of fused-ring (bicyclic) bond motifs is 1. The summed E-state index contributed by atoms with van der Waals surface area (Å²) in [5.41, 5.74) is 1.73. The third-order valence-corrected chi connectivity index (χ3v) is 3.05. The highest BCUT2D eigenvalue weighted by Gasteiger charge is 2.14. The van der Waals surface area contributed by atoms with Gasteiger partial charge in [-0.05, 0) is 30.2 Å². The first kappa shape index (κ1) is 13.9. The van der Waals surface area contributed by atoms with Gasteiger partial charge in [0.05, 0.1) is 5.92 Å². The summed E-state index contributed by atoms with van der Waals surface area (Å²) in [5.74, 6) is -1.93. The molecule has 1 aromatic heterocycles. The molecule has 0 aliphatic heterocycles. The summed E-state index contributed by atoms with van der Waals surface area (Å²) in [6.07, 6.45) is 2.17. The number of aromatic amines is 1. The van der Waals surface area contributed by atoms with Crippen LogP contribution >= 0.6 is 0 Å². The summed E-state index contributed by atoms with van der Waals surface area (Å²) in [6.45, 7) is 1.24. The van der Waals surface area contributed by atoms with Crippen LogP contribution in [0.5, 0.6) is 5.75 Å². The number of H-pyrrole nitrogens is 1. The zero-order valence-corrected chi connectivity index (χ0v) is 10.9. The van der Waals surface area contributed by atoms with Gasteiger partial charge in [0.15, 0.2) is 6.61 Å². The van der Waals surface area contributed by atoms with Crippen molar-refractivity contribution in [3.63, 3.8) is 0 Å². The molecule has 1 aromatic carbocycles. The molecule has 0 amide bonds. The third-order valence-electron chi connectivity index (χ3n) is 3.05. The van der Waals surface area contributed by atoms with Crippen LogP contribution in [-0.2, 0) is 16.0 Å². The largest absolute Gasteiger partial charge is 0.482 e. The van der Waals surface area contributed by atoms with E-state index >= 15 is 0 Å². The van der Waals surface area contributed by atoms with E-state index in [-0.39, 0.29) is 1.43 Å². The fourth-order valence-electron chi connectivity index (χ4n) is 1.98. The highest BCUT2D eigenvalue weighted by atomic mass is 16.5. The molecule has 1 atom stereocenters. The minimum atomic E-state index is -1.04. The molecule has 0 saturated carbocycles. The molecule has 6 nitrogen and oxygen atoms in total. The van der Waals surface area contributed by atoms with E-state index in [0.29, 0.717) is 12.2 Å². The highest BCUT2D eigenvalue weighted by Crippen LogP contribution is 2.25. The third kappa shape index (κ3) is 3.09. The molecule has 0 spiro atoms. The quantitative estimate of drug-likeness (QED) is 0.752. The predicted octanol–water partition coefficient (Wildman–Crippen LogP) is 2.14. The van der Waals surface area contributed by atoms with Crippen molar-refractivity contribution < 1.29 is 26.0 Å². The van der Waals surface area contributed by atoms with Crippen LogP contribution in [0.2, 0.25) is 0 Å². The van der Waals surface area contributed by atoms with Gasteiger partial charge in [0.1, 0.15) is 5.75 Å². The minimum Gasteiger partial charge on any atom is -0.482 e. The first-order valence-electron chi connectivity index (χ1n) is 6.15. The zero-order valence-electron chi connectivity index (χ0n) is 10.9. The SMILES string of the molecule is C[C@H](Cc1c[nH]c2ccc(OCC(=O)O)cc12)C(=O)O.[HH]. The highest BCUT2D eigenvalue weighted by molar-refractivity contribution is 5.85. The fraction of sp³-hybridized carbons (Fsp3) is 0.286. The van der Waals surface area contributed by atoms with Crippen LogP contribution in [0, 0.1) is 5.92 Å². The van der Waals surface area contributed by atoms with Crippen molar-refractivity contribution in [2.24, 2.45) is 5.92 Å². The van der Waals surface area contributed by atoms with Crippen LogP contribution in [0.25, 0.3) is 10.9 Å². The van der Waals surface area contributed by atoms with E-state index in [2.05, 4.69) is 4.98 Å². The van der Waals surface area contributed by atoms with Crippen LogP contribution in [0.3, 0.4) is 0 Å². The van der Waals surface area contributed by atoms with Gasteiger partial charge in [-0.25, -0.2) is 4.79 Å². The molecule has 3 N–H and O–H groups in total. The first-order chi connectivity index (χ1) is 9.47. The lowest BCUT2D eigenvalue weighted by Crippen LogP contribution is -2.12. The van der Waals surface area contributed by atoms with E-state index in [9.17, 15) is 9.59 Å². The standard InChI is InChI=1S/C14H15NO5.H2/c1-8(14(18)19)4-9-6-15-12-3-2-10(5-11(9)12)20-7-13(16)17;/h2-3,5-6,8,15H,4,7H2,1H3,(H,16,17)(H,18,19);1H/t8-;/m1./s1. The Labute approximate surface area is 116 Å². The predicted molar refractivity (Wildman–Crippen MR) is 74.0 cm³/mol. The molecule has 2 rings (SSSR count). The second-order valence-corrected chi connectivity index (χ2v) is 4.65. The minimum absolute atomic E-state index is 0. The summed E-state index contributed by atoms with van der Waals surface area (Å²) in [4.78, 5) is 24.4. The van der Waals surface area contributed by atoms with Gasteiger partial charge in [0, 0.05) is 18.5 Å². The topological polar surface area (TPSA) is 99.6 Å².